The van der Waals surface area contributed by atoms with Gasteiger partial charge in [0.25, 0.3) is 0 Å². The summed E-state index contributed by atoms with van der Waals surface area (Å²) in [5, 5.41) is 0. The molecule has 0 amide bonds. The molecule has 3 nitrogen and oxygen atoms in total. The number of aryl methyl sites for hydroxylation is 1. The highest BCUT2D eigenvalue weighted by Crippen LogP contribution is 2.28. The second-order valence-corrected chi connectivity index (χ2v) is 5.89. The number of carbonyl (C=O) groups excluding carboxylic acids is 1. The SMILES string of the molecule is CCc1ccc(CC(=O)C2(OC)CCOCC2)s1. The van der Waals surface area contributed by atoms with Crippen LogP contribution in [0, 0.1) is 0 Å². The number of methoxy groups -OCH3 is 1. The van der Waals surface area contributed by atoms with Crippen LogP contribution in [0.15, 0.2) is 12.1 Å². The first-order chi connectivity index (χ1) is 8.70. The Morgan fingerprint density at radius 3 is 2.61 bits per heavy atom. The van der Waals surface area contributed by atoms with Gasteiger partial charge in [0.05, 0.1) is 0 Å². The minimum Gasteiger partial charge on any atom is -0.381 e. The lowest BCUT2D eigenvalue weighted by Gasteiger charge is -2.34. The molecule has 1 fully saturated rings. The molecule has 2 rings (SSSR count). The summed E-state index contributed by atoms with van der Waals surface area (Å²) in [5.74, 6) is 0.192. The Balaban J connectivity index is 2.05. The molecular formula is C14H20O3S. The van der Waals surface area contributed by atoms with Crippen LogP contribution in [0.3, 0.4) is 0 Å². The summed E-state index contributed by atoms with van der Waals surface area (Å²) in [4.78, 5) is 14.9. The van der Waals surface area contributed by atoms with Crippen molar-refractivity contribution >= 4 is 17.1 Å². The summed E-state index contributed by atoms with van der Waals surface area (Å²) >= 11 is 1.73. The number of hydrogen-bond donors (Lipinski definition) is 0. The minimum absolute atomic E-state index is 0.192. The molecule has 0 saturated carbocycles. The molecule has 1 aliphatic heterocycles. The normalized spacial score (nSPS) is 18.8. The highest BCUT2D eigenvalue weighted by Gasteiger charge is 2.39. The van der Waals surface area contributed by atoms with Gasteiger partial charge in [-0.25, -0.2) is 0 Å². The van der Waals surface area contributed by atoms with Gasteiger partial charge < -0.3 is 9.47 Å². The maximum Gasteiger partial charge on any atom is 0.169 e. The quantitative estimate of drug-likeness (QED) is 0.823. The lowest BCUT2D eigenvalue weighted by molar-refractivity contribution is -0.151. The Morgan fingerprint density at radius 1 is 1.39 bits per heavy atom. The van der Waals surface area contributed by atoms with Gasteiger partial charge in [0.2, 0.25) is 0 Å². The summed E-state index contributed by atoms with van der Waals surface area (Å²) in [7, 11) is 1.63. The van der Waals surface area contributed by atoms with Gasteiger partial charge in [0.15, 0.2) is 5.78 Å². The Morgan fingerprint density at radius 2 is 2.06 bits per heavy atom. The Hall–Kier alpha value is -0.710. The molecule has 18 heavy (non-hydrogen) atoms. The summed E-state index contributed by atoms with van der Waals surface area (Å²) in [6.07, 6.45) is 2.86. The van der Waals surface area contributed by atoms with E-state index in [-0.39, 0.29) is 5.78 Å². The fraction of sp³-hybridized carbons (Fsp3) is 0.643. The molecule has 0 unspecified atom stereocenters. The monoisotopic (exact) mass is 268 g/mol. The summed E-state index contributed by atoms with van der Waals surface area (Å²) in [5.41, 5.74) is -0.616. The van der Waals surface area contributed by atoms with Crippen molar-refractivity contribution in [3.8, 4) is 0 Å². The van der Waals surface area contributed by atoms with E-state index in [4.69, 9.17) is 9.47 Å². The highest BCUT2D eigenvalue weighted by molar-refractivity contribution is 7.12. The van der Waals surface area contributed by atoms with Crippen LogP contribution in [0.2, 0.25) is 0 Å². The average molecular weight is 268 g/mol. The van der Waals surface area contributed by atoms with Crippen LogP contribution in [0.25, 0.3) is 0 Å². The number of carbonyl (C=O) groups is 1. The van der Waals surface area contributed by atoms with Gasteiger partial charge >= 0.3 is 0 Å². The summed E-state index contributed by atoms with van der Waals surface area (Å²) in [6.45, 7) is 3.36. The standard InChI is InChI=1S/C14H20O3S/c1-3-11-4-5-12(18-11)10-13(15)14(16-2)6-8-17-9-7-14/h4-5H,3,6-10H2,1-2H3. The molecule has 1 aromatic heterocycles. The van der Waals surface area contributed by atoms with Gasteiger partial charge in [-0.2, -0.15) is 0 Å². The number of ketones is 1. The second-order valence-electron chi connectivity index (χ2n) is 4.63. The third kappa shape index (κ3) is 2.82. The van der Waals surface area contributed by atoms with Crippen LogP contribution in [0.1, 0.15) is 29.5 Å². The van der Waals surface area contributed by atoms with Crippen LogP contribution < -0.4 is 0 Å². The Labute approximate surface area is 112 Å². The van der Waals surface area contributed by atoms with Crippen molar-refractivity contribution in [3.63, 3.8) is 0 Å². The predicted molar refractivity (Wildman–Crippen MR) is 72.2 cm³/mol. The van der Waals surface area contributed by atoms with Crippen molar-refractivity contribution in [1.29, 1.82) is 0 Å². The summed E-state index contributed by atoms with van der Waals surface area (Å²) in [6, 6.07) is 4.17. The van der Waals surface area contributed by atoms with E-state index in [1.165, 1.54) is 4.88 Å². The molecule has 0 spiro atoms. The van der Waals surface area contributed by atoms with Crippen molar-refractivity contribution in [2.75, 3.05) is 20.3 Å². The topological polar surface area (TPSA) is 35.5 Å². The first-order valence-corrected chi connectivity index (χ1v) is 7.25. The molecule has 1 saturated heterocycles. The van der Waals surface area contributed by atoms with Crippen molar-refractivity contribution in [1.82, 2.24) is 0 Å². The number of rotatable bonds is 5. The fourth-order valence-electron chi connectivity index (χ4n) is 2.32. The van der Waals surface area contributed by atoms with Crippen LogP contribution in [0.4, 0.5) is 0 Å². The molecule has 0 aromatic carbocycles. The van der Waals surface area contributed by atoms with Crippen LogP contribution in [0.5, 0.6) is 0 Å². The molecule has 0 bridgehead atoms. The van der Waals surface area contributed by atoms with E-state index in [0.29, 0.717) is 32.5 Å². The van der Waals surface area contributed by atoms with Gasteiger partial charge in [0.1, 0.15) is 5.60 Å². The smallest absolute Gasteiger partial charge is 0.169 e. The first-order valence-electron chi connectivity index (χ1n) is 6.44. The van der Waals surface area contributed by atoms with Gasteiger partial charge in [-0.3, -0.25) is 4.79 Å². The third-order valence-corrected chi connectivity index (χ3v) is 4.83. The van der Waals surface area contributed by atoms with E-state index in [9.17, 15) is 4.79 Å². The maximum atomic E-state index is 12.4. The molecule has 0 N–H and O–H groups in total. The van der Waals surface area contributed by atoms with Crippen molar-refractivity contribution in [2.45, 2.75) is 38.2 Å². The first kappa shape index (κ1) is 13.7. The van der Waals surface area contributed by atoms with Crippen LogP contribution in [-0.4, -0.2) is 31.7 Å². The number of Topliss-reactive ketones (excluding diaryl/α,β-unsaturated/α-hetero) is 1. The maximum absolute atomic E-state index is 12.4. The van der Waals surface area contributed by atoms with Gasteiger partial charge in [-0.1, -0.05) is 6.92 Å². The zero-order valence-electron chi connectivity index (χ0n) is 11.0. The van der Waals surface area contributed by atoms with Crippen LogP contribution >= 0.6 is 11.3 Å². The van der Waals surface area contributed by atoms with E-state index in [1.807, 2.05) is 0 Å². The zero-order chi connectivity index (χ0) is 13.0. The molecular weight excluding hydrogens is 248 g/mol. The molecule has 0 atom stereocenters. The molecule has 0 radical (unpaired) electrons. The van der Waals surface area contributed by atoms with Crippen molar-refractivity contribution < 1.29 is 14.3 Å². The zero-order valence-corrected chi connectivity index (χ0v) is 11.8. The Bertz CT molecular complexity index is 405. The number of thiophene rings is 1. The van der Waals surface area contributed by atoms with Gasteiger partial charge in [0, 0.05) is 49.3 Å². The lowest BCUT2D eigenvalue weighted by Crippen LogP contribution is -2.46. The van der Waals surface area contributed by atoms with Crippen molar-refractivity contribution in [2.24, 2.45) is 0 Å². The number of ether oxygens (including phenoxy) is 2. The van der Waals surface area contributed by atoms with Crippen LogP contribution in [-0.2, 0) is 27.1 Å². The Kier molecular flexibility index (Phi) is 4.54. The summed E-state index contributed by atoms with van der Waals surface area (Å²) < 4.78 is 10.8. The van der Waals surface area contributed by atoms with E-state index >= 15 is 0 Å². The van der Waals surface area contributed by atoms with E-state index in [0.717, 1.165) is 11.3 Å². The highest BCUT2D eigenvalue weighted by atomic mass is 32.1. The average Bonchev–Trinajstić information content (AvgIpc) is 2.87. The third-order valence-electron chi connectivity index (χ3n) is 3.60. The van der Waals surface area contributed by atoms with Crippen molar-refractivity contribution in [3.05, 3.63) is 21.9 Å². The molecule has 1 aliphatic rings. The molecule has 0 aliphatic carbocycles. The predicted octanol–water partition coefficient (Wildman–Crippen LogP) is 2.62. The fourth-order valence-corrected chi connectivity index (χ4v) is 3.28. The van der Waals surface area contributed by atoms with Gasteiger partial charge in [-0.15, -0.1) is 11.3 Å². The number of hydrogen-bond acceptors (Lipinski definition) is 4. The van der Waals surface area contributed by atoms with E-state index in [1.54, 1.807) is 18.4 Å². The largest absolute Gasteiger partial charge is 0.381 e. The molecule has 100 valence electrons. The minimum atomic E-state index is -0.616. The van der Waals surface area contributed by atoms with E-state index in [2.05, 4.69) is 19.1 Å². The van der Waals surface area contributed by atoms with Gasteiger partial charge in [-0.05, 0) is 18.6 Å². The molecule has 4 heteroatoms. The molecule has 2 heterocycles. The lowest BCUT2D eigenvalue weighted by atomic mass is 9.87. The molecule has 1 aromatic rings. The second kappa shape index (κ2) is 5.95. The van der Waals surface area contributed by atoms with E-state index < -0.39 is 5.60 Å².